The van der Waals surface area contributed by atoms with Gasteiger partial charge in [0.15, 0.2) is 0 Å². The van der Waals surface area contributed by atoms with Crippen molar-refractivity contribution in [1.29, 1.82) is 0 Å². The van der Waals surface area contributed by atoms with Crippen LogP contribution < -0.4 is 5.32 Å². The Bertz CT molecular complexity index is 977. The molecule has 1 fully saturated rings. The van der Waals surface area contributed by atoms with Crippen LogP contribution >= 0.6 is 11.3 Å². The van der Waals surface area contributed by atoms with Crippen molar-refractivity contribution in [2.24, 2.45) is 0 Å². The highest BCUT2D eigenvalue weighted by atomic mass is 32.2. The van der Waals surface area contributed by atoms with Crippen molar-refractivity contribution in [2.45, 2.75) is 37.6 Å². The summed E-state index contributed by atoms with van der Waals surface area (Å²) >= 11 is 1.57. The van der Waals surface area contributed by atoms with Gasteiger partial charge in [-0.25, -0.2) is 22.6 Å². The molecule has 1 saturated heterocycles. The molecule has 0 saturated carbocycles. The standard InChI is InChI=1S/C19H25FN4O3S2/c1-19(2,3)17-22-15(13-28-17)12-21-18(25)23-7-9-24(10-8-23)29(26,27)16-6-4-5-14(20)11-16/h4-6,11,13H,7-10,12H2,1-3H3,(H,21,25). The third kappa shape index (κ3) is 5.12. The lowest BCUT2D eigenvalue weighted by Crippen LogP contribution is -2.52. The average Bonchev–Trinajstić information content (AvgIpc) is 3.16. The Balaban J connectivity index is 1.54. The van der Waals surface area contributed by atoms with E-state index in [1.807, 2.05) is 5.38 Å². The molecule has 1 aromatic carbocycles. The molecule has 1 aliphatic rings. The zero-order valence-corrected chi connectivity index (χ0v) is 18.3. The number of nitrogens with one attached hydrogen (secondary N) is 1. The number of urea groups is 1. The van der Waals surface area contributed by atoms with Crippen LogP contribution in [0.1, 0.15) is 31.5 Å². The van der Waals surface area contributed by atoms with Crippen LogP contribution in [-0.2, 0) is 22.0 Å². The van der Waals surface area contributed by atoms with Crippen molar-refractivity contribution in [2.75, 3.05) is 26.2 Å². The van der Waals surface area contributed by atoms with Gasteiger partial charge in [-0.2, -0.15) is 4.31 Å². The highest BCUT2D eigenvalue weighted by Crippen LogP contribution is 2.25. The molecule has 158 valence electrons. The minimum absolute atomic E-state index is 0.0313. The van der Waals surface area contributed by atoms with Gasteiger partial charge in [0, 0.05) is 37.0 Å². The summed E-state index contributed by atoms with van der Waals surface area (Å²) in [4.78, 5) is 18.5. The van der Waals surface area contributed by atoms with Crippen LogP contribution in [0.5, 0.6) is 0 Å². The van der Waals surface area contributed by atoms with Crippen LogP contribution in [0.25, 0.3) is 0 Å². The summed E-state index contributed by atoms with van der Waals surface area (Å²) < 4.78 is 39.9. The molecule has 1 aromatic heterocycles. The van der Waals surface area contributed by atoms with Crippen molar-refractivity contribution in [1.82, 2.24) is 19.5 Å². The van der Waals surface area contributed by atoms with Gasteiger partial charge in [-0.15, -0.1) is 11.3 Å². The summed E-state index contributed by atoms with van der Waals surface area (Å²) in [6, 6.07) is 4.70. The lowest BCUT2D eigenvalue weighted by molar-refractivity contribution is 0.172. The van der Waals surface area contributed by atoms with Crippen LogP contribution in [0, 0.1) is 5.82 Å². The van der Waals surface area contributed by atoms with Crippen molar-refractivity contribution < 1.29 is 17.6 Å². The Morgan fingerprint density at radius 2 is 1.93 bits per heavy atom. The number of nitrogens with zero attached hydrogens (tertiary/aromatic N) is 3. The first-order valence-electron chi connectivity index (χ1n) is 9.31. The van der Waals surface area contributed by atoms with Gasteiger partial charge < -0.3 is 10.2 Å². The summed E-state index contributed by atoms with van der Waals surface area (Å²) in [7, 11) is -3.77. The van der Waals surface area contributed by atoms with E-state index in [9.17, 15) is 17.6 Å². The fourth-order valence-corrected chi connectivity index (χ4v) is 5.28. The summed E-state index contributed by atoms with van der Waals surface area (Å²) in [6.07, 6.45) is 0. The molecular formula is C19H25FN4O3S2. The number of amides is 2. The number of rotatable bonds is 4. The number of piperazine rings is 1. The average molecular weight is 441 g/mol. The predicted octanol–water partition coefficient (Wildman–Crippen LogP) is 2.80. The van der Waals surface area contributed by atoms with Crippen molar-refractivity contribution in [3.63, 3.8) is 0 Å². The summed E-state index contributed by atoms with van der Waals surface area (Å²) in [5.74, 6) is -0.597. The van der Waals surface area contributed by atoms with E-state index in [-0.39, 0.29) is 42.5 Å². The quantitative estimate of drug-likeness (QED) is 0.793. The largest absolute Gasteiger partial charge is 0.332 e. The smallest absolute Gasteiger partial charge is 0.317 e. The summed E-state index contributed by atoms with van der Waals surface area (Å²) in [6.45, 7) is 7.46. The molecule has 1 N–H and O–H groups in total. The number of aromatic nitrogens is 1. The normalized spacial score (nSPS) is 16.1. The van der Waals surface area contributed by atoms with Crippen molar-refractivity contribution in [3.05, 3.63) is 46.2 Å². The molecule has 2 aromatic rings. The SMILES string of the molecule is CC(C)(C)c1nc(CNC(=O)N2CCN(S(=O)(=O)c3cccc(F)c3)CC2)cs1. The van der Waals surface area contributed by atoms with Crippen LogP contribution in [-0.4, -0.2) is 54.8 Å². The van der Waals surface area contributed by atoms with Gasteiger partial charge in [0.2, 0.25) is 10.0 Å². The third-order valence-electron chi connectivity index (χ3n) is 4.57. The number of carbonyl (C=O) groups excluding carboxylic acids is 1. The lowest BCUT2D eigenvalue weighted by Gasteiger charge is -2.33. The molecular weight excluding hydrogens is 415 g/mol. The number of hydrogen-bond acceptors (Lipinski definition) is 5. The fourth-order valence-electron chi connectivity index (χ4n) is 2.92. The topological polar surface area (TPSA) is 82.6 Å². The van der Waals surface area contributed by atoms with E-state index in [0.29, 0.717) is 6.54 Å². The number of sulfonamides is 1. The molecule has 0 atom stereocenters. The number of thiazole rings is 1. The first kappa shape index (κ1) is 21.7. The predicted molar refractivity (Wildman–Crippen MR) is 110 cm³/mol. The van der Waals surface area contributed by atoms with Gasteiger partial charge in [-0.05, 0) is 18.2 Å². The van der Waals surface area contributed by atoms with E-state index in [0.717, 1.165) is 16.8 Å². The second-order valence-corrected chi connectivity index (χ2v) is 10.7. The van der Waals surface area contributed by atoms with Gasteiger partial charge in [-0.3, -0.25) is 0 Å². The van der Waals surface area contributed by atoms with Gasteiger partial charge in [0.05, 0.1) is 22.1 Å². The number of hydrogen-bond donors (Lipinski definition) is 1. The zero-order valence-electron chi connectivity index (χ0n) is 16.7. The molecule has 1 aliphatic heterocycles. The Kier molecular flexibility index (Phi) is 6.25. The van der Waals surface area contributed by atoms with Crippen LogP contribution in [0.4, 0.5) is 9.18 Å². The highest BCUT2D eigenvalue weighted by Gasteiger charge is 2.30. The van der Waals surface area contributed by atoms with Crippen molar-refractivity contribution in [3.8, 4) is 0 Å². The monoisotopic (exact) mass is 440 g/mol. The molecule has 2 heterocycles. The van der Waals surface area contributed by atoms with E-state index in [2.05, 4.69) is 31.1 Å². The van der Waals surface area contributed by atoms with E-state index < -0.39 is 15.8 Å². The summed E-state index contributed by atoms with van der Waals surface area (Å²) in [5.41, 5.74) is 0.775. The van der Waals surface area contributed by atoms with Crippen LogP contribution in [0.3, 0.4) is 0 Å². The maximum absolute atomic E-state index is 13.4. The van der Waals surface area contributed by atoms with Crippen LogP contribution in [0.15, 0.2) is 34.5 Å². The molecule has 0 radical (unpaired) electrons. The second kappa shape index (κ2) is 8.37. The number of benzene rings is 1. The second-order valence-electron chi connectivity index (χ2n) is 7.90. The van der Waals surface area contributed by atoms with Crippen LogP contribution in [0.2, 0.25) is 0 Å². The van der Waals surface area contributed by atoms with E-state index in [1.165, 1.54) is 22.5 Å². The minimum atomic E-state index is -3.77. The lowest BCUT2D eigenvalue weighted by atomic mass is 9.98. The zero-order chi connectivity index (χ0) is 21.2. The minimum Gasteiger partial charge on any atom is -0.332 e. The molecule has 0 bridgehead atoms. The molecule has 10 heteroatoms. The Hall–Kier alpha value is -2.04. The van der Waals surface area contributed by atoms with Gasteiger partial charge in [-0.1, -0.05) is 26.8 Å². The van der Waals surface area contributed by atoms with E-state index >= 15 is 0 Å². The van der Waals surface area contributed by atoms with Gasteiger partial charge >= 0.3 is 6.03 Å². The maximum atomic E-state index is 13.4. The Morgan fingerprint density at radius 1 is 1.24 bits per heavy atom. The Morgan fingerprint density at radius 3 is 2.52 bits per heavy atom. The Labute approximate surface area is 174 Å². The highest BCUT2D eigenvalue weighted by molar-refractivity contribution is 7.89. The molecule has 29 heavy (non-hydrogen) atoms. The maximum Gasteiger partial charge on any atom is 0.317 e. The molecule has 0 unspecified atom stereocenters. The van der Waals surface area contributed by atoms with Crippen molar-refractivity contribution >= 4 is 27.4 Å². The number of halogens is 1. The first-order chi connectivity index (χ1) is 13.6. The van der Waals surface area contributed by atoms with Gasteiger partial charge in [0.1, 0.15) is 5.82 Å². The van der Waals surface area contributed by atoms with Gasteiger partial charge in [0.25, 0.3) is 0 Å². The fraction of sp³-hybridized carbons (Fsp3) is 0.474. The van der Waals surface area contributed by atoms with E-state index in [1.54, 1.807) is 16.2 Å². The molecule has 2 amide bonds. The summed E-state index contributed by atoms with van der Waals surface area (Å²) in [5, 5.41) is 5.79. The first-order valence-corrected chi connectivity index (χ1v) is 11.6. The molecule has 7 nitrogen and oxygen atoms in total. The molecule has 3 rings (SSSR count). The third-order valence-corrected chi connectivity index (χ3v) is 7.79. The molecule has 0 aliphatic carbocycles. The van der Waals surface area contributed by atoms with E-state index in [4.69, 9.17) is 0 Å². The molecule has 0 spiro atoms. The number of carbonyl (C=O) groups is 1.